The van der Waals surface area contributed by atoms with Crippen LogP contribution in [0.5, 0.6) is 5.88 Å². The fourth-order valence-corrected chi connectivity index (χ4v) is 2.63. The lowest BCUT2D eigenvalue weighted by Gasteiger charge is -2.21. The third kappa shape index (κ3) is 7.30. The van der Waals surface area contributed by atoms with Crippen LogP contribution in [0.15, 0.2) is 23.3 Å². The van der Waals surface area contributed by atoms with Gasteiger partial charge in [0.2, 0.25) is 12.3 Å². The first-order chi connectivity index (χ1) is 16.4. The highest BCUT2D eigenvalue weighted by atomic mass is 19.4. The molecule has 0 aromatic carbocycles. The predicted molar refractivity (Wildman–Crippen MR) is 114 cm³/mol. The Kier molecular flexibility index (Phi) is 8.99. The average molecular weight is 504 g/mol. The number of carbonyl (C=O) groups is 2. The van der Waals surface area contributed by atoms with Gasteiger partial charge in [-0.05, 0) is 32.0 Å². The van der Waals surface area contributed by atoms with Gasteiger partial charge in [0.1, 0.15) is 12.2 Å². The molecule has 35 heavy (non-hydrogen) atoms. The summed E-state index contributed by atoms with van der Waals surface area (Å²) in [5, 5.41) is 16.0. The number of halogens is 5. The van der Waals surface area contributed by atoms with Crippen molar-refractivity contribution in [2.45, 2.75) is 20.0 Å². The van der Waals surface area contributed by atoms with Crippen molar-refractivity contribution in [3.05, 3.63) is 41.1 Å². The first kappa shape index (κ1) is 27.4. The van der Waals surface area contributed by atoms with Gasteiger partial charge in [0.25, 0.3) is 5.91 Å². The van der Waals surface area contributed by atoms with Crippen molar-refractivity contribution in [1.82, 2.24) is 14.9 Å². The van der Waals surface area contributed by atoms with Crippen molar-refractivity contribution in [1.29, 1.82) is 0 Å². The monoisotopic (exact) mass is 504 g/mol. The summed E-state index contributed by atoms with van der Waals surface area (Å²) in [6.45, 7) is 0.581. The van der Waals surface area contributed by atoms with Crippen LogP contribution in [0.4, 0.5) is 33.6 Å². The van der Waals surface area contributed by atoms with Crippen molar-refractivity contribution in [2.75, 3.05) is 37.1 Å². The highest BCUT2D eigenvalue weighted by Gasteiger charge is 2.31. The van der Waals surface area contributed by atoms with Gasteiger partial charge in [0.15, 0.2) is 35.7 Å². The number of carbonyl (C=O) groups excluding carboxylic acids is 2. The van der Waals surface area contributed by atoms with E-state index in [0.29, 0.717) is 18.2 Å². The number of nitrogens with zero attached hydrogens (tertiary/aromatic N) is 5. The number of likely N-dealkylation sites (N-methyl/N-ethyl adjacent to an activating group) is 1. The summed E-state index contributed by atoms with van der Waals surface area (Å²) in [6.07, 6.45) is -4.47. The van der Waals surface area contributed by atoms with Gasteiger partial charge in [-0.2, -0.15) is 23.3 Å². The molecule has 0 aliphatic carbocycles. The summed E-state index contributed by atoms with van der Waals surface area (Å²) in [4.78, 5) is 32.1. The number of aryl methyl sites for hydroxylation is 1. The van der Waals surface area contributed by atoms with E-state index in [1.165, 1.54) is 13.0 Å². The normalized spacial score (nSPS) is 11.7. The maximum Gasteiger partial charge on any atom is 0.422 e. The molecule has 0 atom stereocenters. The summed E-state index contributed by atoms with van der Waals surface area (Å²) in [7, 11) is 1.14. The van der Waals surface area contributed by atoms with Gasteiger partial charge in [-0.25, -0.2) is 18.8 Å². The number of anilines is 2. The molecule has 0 saturated heterocycles. The number of rotatable bonds is 9. The number of aliphatic hydroxyl groups is 1. The van der Waals surface area contributed by atoms with Crippen LogP contribution >= 0.6 is 0 Å². The molecule has 0 unspecified atom stereocenters. The van der Waals surface area contributed by atoms with Gasteiger partial charge < -0.3 is 15.2 Å². The topological polar surface area (TPSA) is 120 Å². The molecule has 190 valence electrons. The lowest BCUT2D eigenvalue weighted by atomic mass is 10.2. The molecule has 10 nitrogen and oxygen atoms in total. The molecule has 0 fully saturated rings. The van der Waals surface area contributed by atoms with Gasteiger partial charge in [-0.3, -0.25) is 14.5 Å². The second kappa shape index (κ2) is 11.5. The van der Waals surface area contributed by atoms with Crippen molar-refractivity contribution >= 4 is 29.8 Å². The number of hydrogen-bond donors (Lipinski definition) is 2. The minimum atomic E-state index is -4.83. The summed E-state index contributed by atoms with van der Waals surface area (Å²) in [5.41, 5.74) is -0.452. The molecule has 2 N–H and O–H groups in total. The largest absolute Gasteiger partial charge is 0.467 e. The summed E-state index contributed by atoms with van der Waals surface area (Å²) in [5.74, 6) is -5.77. The standard InChI is InChI=1S/C20H21F5N6O4/c1-4-31(10-33)15(8-32)29-30(3)17-14(22)7-12(19(28-17)35-9-20(23,24)25)18(34)27-16-13(21)6-5-11(2)26-16/h5-7,10,32H,4,8-9H2,1-3H3,(H,26,27,34)/b29-15-. The number of amides is 2. The third-order valence-corrected chi connectivity index (χ3v) is 4.27. The Hall–Kier alpha value is -3.88. The summed E-state index contributed by atoms with van der Waals surface area (Å²) < 4.78 is 71.7. The Morgan fingerprint density at radius 3 is 2.51 bits per heavy atom. The molecular formula is C20H21F5N6O4. The maximum atomic E-state index is 14.8. The predicted octanol–water partition coefficient (Wildman–Crippen LogP) is 2.48. The zero-order valence-corrected chi connectivity index (χ0v) is 18.7. The van der Waals surface area contributed by atoms with E-state index in [1.807, 2.05) is 5.32 Å². The lowest BCUT2D eigenvalue weighted by Crippen LogP contribution is -2.34. The second-order valence-electron chi connectivity index (χ2n) is 6.88. The van der Waals surface area contributed by atoms with Crippen LogP contribution in [-0.2, 0) is 4.79 Å². The fourth-order valence-electron chi connectivity index (χ4n) is 2.63. The van der Waals surface area contributed by atoms with Crippen LogP contribution in [0.2, 0.25) is 0 Å². The van der Waals surface area contributed by atoms with Gasteiger partial charge in [0, 0.05) is 19.3 Å². The molecule has 0 aliphatic heterocycles. The van der Waals surface area contributed by atoms with E-state index in [4.69, 9.17) is 0 Å². The van der Waals surface area contributed by atoms with E-state index in [1.54, 1.807) is 6.92 Å². The van der Waals surface area contributed by atoms with Gasteiger partial charge in [0.05, 0.1) is 0 Å². The molecule has 0 saturated carbocycles. The lowest BCUT2D eigenvalue weighted by molar-refractivity contribution is -0.154. The third-order valence-electron chi connectivity index (χ3n) is 4.27. The highest BCUT2D eigenvalue weighted by molar-refractivity contribution is 6.05. The van der Waals surface area contributed by atoms with E-state index in [2.05, 4.69) is 19.8 Å². The first-order valence-electron chi connectivity index (χ1n) is 9.88. The Labute approximate surface area is 196 Å². The maximum absolute atomic E-state index is 14.8. The quantitative estimate of drug-likeness (QED) is 0.177. The van der Waals surface area contributed by atoms with E-state index in [0.717, 1.165) is 23.0 Å². The number of nitrogens with one attached hydrogen (secondary N) is 1. The summed E-state index contributed by atoms with van der Waals surface area (Å²) >= 11 is 0. The number of hydrazone groups is 1. The van der Waals surface area contributed by atoms with Crippen LogP contribution in [0.1, 0.15) is 23.0 Å². The number of hydrogen-bond acceptors (Lipinski definition) is 8. The molecule has 0 aliphatic rings. The van der Waals surface area contributed by atoms with E-state index in [9.17, 15) is 36.6 Å². The first-order valence-corrected chi connectivity index (χ1v) is 9.88. The molecule has 15 heteroatoms. The van der Waals surface area contributed by atoms with Crippen LogP contribution in [0, 0.1) is 18.6 Å². The van der Waals surface area contributed by atoms with Gasteiger partial charge in [-0.1, -0.05) is 0 Å². The molecule has 2 aromatic rings. The SMILES string of the molecule is CCN(C=O)/C(CO)=N\N(C)c1nc(OCC(F)(F)F)c(C(=O)Nc2nc(C)ccc2F)cc1F. The molecule has 0 spiro atoms. The number of alkyl halides is 3. The number of ether oxygens (including phenoxy) is 1. The molecule has 0 bridgehead atoms. The second-order valence-corrected chi connectivity index (χ2v) is 6.88. The zero-order valence-electron chi connectivity index (χ0n) is 18.7. The average Bonchev–Trinajstić information content (AvgIpc) is 2.79. The van der Waals surface area contributed by atoms with Gasteiger partial charge in [-0.15, -0.1) is 0 Å². The Morgan fingerprint density at radius 1 is 1.26 bits per heavy atom. The van der Waals surface area contributed by atoms with Crippen LogP contribution < -0.4 is 15.1 Å². The minimum absolute atomic E-state index is 0.106. The zero-order chi connectivity index (χ0) is 26.3. The van der Waals surface area contributed by atoms with E-state index in [-0.39, 0.29) is 12.4 Å². The highest BCUT2D eigenvalue weighted by Crippen LogP contribution is 2.27. The number of aromatic nitrogens is 2. The number of aliphatic hydroxyl groups excluding tert-OH is 1. The minimum Gasteiger partial charge on any atom is -0.467 e. The molecule has 2 aromatic heterocycles. The van der Waals surface area contributed by atoms with Crippen molar-refractivity contribution in [2.24, 2.45) is 5.10 Å². The number of amidine groups is 1. The Balaban J connectivity index is 2.51. The van der Waals surface area contributed by atoms with Crippen LogP contribution in [-0.4, -0.2) is 71.1 Å². The molecule has 0 radical (unpaired) electrons. The number of pyridine rings is 2. The van der Waals surface area contributed by atoms with Crippen molar-refractivity contribution in [3.63, 3.8) is 0 Å². The van der Waals surface area contributed by atoms with Gasteiger partial charge >= 0.3 is 6.18 Å². The van der Waals surface area contributed by atoms with Crippen LogP contribution in [0.3, 0.4) is 0 Å². The molecule has 2 rings (SSSR count). The smallest absolute Gasteiger partial charge is 0.422 e. The molecular weight excluding hydrogens is 483 g/mol. The molecule has 2 heterocycles. The Morgan fingerprint density at radius 2 is 1.94 bits per heavy atom. The molecule has 2 amide bonds. The Bertz CT molecular complexity index is 1110. The van der Waals surface area contributed by atoms with Crippen molar-refractivity contribution < 1.29 is 41.4 Å². The summed E-state index contributed by atoms with van der Waals surface area (Å²) in [6, 6.07) is 2.85. The van der Waals surface area contributed by atoms with Crippen LogP contribution in [0.25, 0.3) is 0 Å². The fraction of sp³-hybridized carbons (Fsp3) is 0.350. The van der Waals surface area contributed by atoms with E-state index < -0.39 is 60.0 Å². The van der Waals surface area contributed by atoms with Crippen molar-refractivity contribution in [3.8, 4) is 5.88 Å². The van der Waals surface area contributed by atoms with E-state index >= 15 is 0 Å².